The first-order valence-electron chi connectivity index (χ1n) is 10.9. The van der Waals surface area contributed by atoms with Gasteiger partial charge in [-0.25, -0.2) is 4.68 Å². The van der Waals surface area contributed by atoms with Crippen LogP contribution in [0, 0.1) is 5.92 Å². The molecule has 160 valence electrons. The minimum Gasteiger partial charge on any atom is -0.369 e. The van der Waals surface area contributed by atoms with E-state index in [0.29, 0.717) is 13.1 Å². The molecule has 6 nitrogen and oxygen atoms in total. The molecule has 0 saturated carbocycles. The third-order valence-electron chi connectivity index (χ3n) is 5.84. The maximum Gasteiger partial charge on any atom is 0.269 e. The van der Waals surface area contributed by atoms with Crippen LogP contribution in [0.25, 0.3) is 0 Å². The Balaban J connectivity index is 1.44. The van der Waals surface area contributed by atoms with Gasteiger partial charge in [0.15, 0.2) is 0 Å². The number of rotatable bonds is 6. The Morgan fingerprint density at radius 2 is 1.90 bits per heavy atom. The summed E-state index contributed by atoms with van der Waals surface area (Å²) in [7, 11) is 0. The lowest BCUT2D eigenvalue weighted by molar-refractivity contribution is -0.120. The highest BCUT2D eigenvalue weighted by Gasteiger charge is 2.27. The maximum atomic E-state index is 12.9. The summed E-state index contributed by atoms with van der Waals surface area (Å²) in [5.74, 6) is -0.0820. The van der Waals surface area contributed by atoms with Gasteiger partial charge in [0, 0.05) is 24.8 Å². The molecule has 1 aliphatic rings. The highest BCUT2D eigenvalue weighted by atomic mass is 16.2. The van der Waals surface area contributed by atoms with Crippen molar-refractivity contribution in [3.8, 4) is 0 Å². The number of aryl methyl sites for hydroxylation is 1. The smallest absolute Gasteiger partial charge is 0.269 e. The average Bonchev–Trinajstić information content (AvgIpc) is 2.81. The summed E-state index contributed by atoms with van der Waals surface area (Å²) in [6.07, 6.45) is 4.35. The number of piperidine rings is 1. The molecule has 1 amide bonds. The first-order chi connectivity index (χ1) is 15.1. The van der Waals surface area contributed by atoms with E-state index in [2.05, 4.69) is 22.2 Å². The standard InChI is InChI=1S/C25H28N4O2/c1-2-20-11-6-7-13-23(20)27-25(31)21-12-8-14-28(18-21)22-15-24(30)29(26-16-22)17-19-9-4-3-5-10-19/h3-7,9-11,13,15-16,21H,2,8,12,14,17-18H2,1H3,(H,27,31). The largest absolute Gasteiger partial charge is 0.369 e. The van der Waals surface area contributed by atoms with Gasteiger partial charge in [0.1, 0.15) is 0 Å². The second kappa shape index (κ2) is 9.60. The van der Waals surface area contributed by atoms with Crippen LogP contribution >= 0.6 is 0 Å². The summed E-state index contributed by atoms with van der Waals surface area (Å²) in [5, 5.41) is 7.47. The first kappa shape index (κ1) is 20.8. The van der Waals surface area contributed by atoms with Crippen LogP contribution in [0.1, 0.15) is 30.9 Å². The number of carbonyl (C=O) groups excluding carboxylic acids is 1. The predicted molar refractivity (Wildman–Crippen MR) is 123 cm³/mol. The van der Waals surface area contributed by atoms with Crippen LogP contribution in [0.2, 0.25) is 0 Å². The summed E-state index contributed by atoms with van der Waals surface area (Å²) < 4.78 is 1.47. The lowest BCUT2D eigenvalue weighted by atomic mass is 9.96. The lowest BCUT2D eigenvalue weighted by Gasteiger charge is -2.33. The fraction of sp³-hybridized carbons (Fsp3) is 0.320. The Morgan fingerprint density at radius 1 is 1.13 bits per heavy atom. The molecule has 2 heterocycles. The van der Waals surface area contributed by atoms with E-state index in [1.165, 1.54) is 4.68 Å². The van der Waals surface area contributed by atoms with E-state index < -0.39 is 0 Å². The monoisotopic (exact) mass is 416 g/mol. The van der Waals surface area contributed by atoms with Gasteiger partial charge in [-0.3, -0.25) is 9.59 Å². The van der Waals surface area contributed by atoms with Crippen LogP contribution in [0.5, 0.6) is 0 Å². The van der Waals surface area contributed by atoms with Crippen LogP contribution in [-0.2, 0) is 17.8 Å². The van der Waals surface area contributed by atoms with Gasteiger partial charge < -0.3 is 10.2 Å². The number of hydrogen-bond acceptors (Lipinski definition) is 4. The molecular weight excluding hydrogens is 388 g/mol. The molecule has 0 bridgehead atoms. The molecule has 1 aliphatic heterocycles. The minimum atomic E-state index is -0.134. The Kier molecular flexibility index (Phi) is 6.46. The van der Waals surface area contributed by atoms with E-state index in [0.717, 1.165) is 48.3 Å². The SMILES string of the molecule is CCc1ccccc1NC(=O)C1CCCN(c2cnn(Cc3ccccc3)c(=O)c2)C1. The second-order valence-corrected chi connectivity index (χ2v) is 7.98. The average molecular weight is 417 g/mol. The summed E-state index contributed by atoms with van der Waals surface area (Å²) in [4.78, 5) is 27.6. The molecule has 1 fully saturated rings. The van der Waals surface area contributed by atoms with E-state index in [1.54, 1.807) is 12.3 Å². The first-order valence-corrected chi connectivity index (χ1v) is 10.9. The van der Waals surface area contributed by atoms with Gasteiger partial charge in [-0.05, 0) is 36.5 Å². The zero-order chi connectivity index (χ0) is 21.6. The molecular formula is C25H28N4O2. The number of para-hydroxylation sites is 1. The molecule has 0 aliphatic carbocycles. The number of amides is 1. The van der Waals surface area contributed by atoms with Crippen molar-refractivity contribution in [1.29, 1.82) is 0 Å². The molecule has 1 N–H and O–H groups in total. The minimum absolute atomic E-state index is 0.0379. The van der Waals surface area contributed by atoms with Crippen molar-refractivity contribution in [2.45, 2.75) is 32.7 Å². The number of aromatic nitrogens is 2. The number of anilines is 2. The van der Waals surface area contributed by atoms with Gasteiger partial charge in [0.05, 0.1) is 24.3 Å². The van der Waals surface area contributed by atoms with E-state index in [9.17, 15) is 9.59 Å². The molecule has 1 saturated heterocycles. The Labute approximate surface area is 182 Å². The number of carbonyl (C=O) groups is 1. The Hall–Kier alpha value is -3.41. The summed E-state index contributed by atoms with van der Waals surface area (Å²) >= 11 is 0. The molecule has 2 aromatic carbocycles. The summed E-state index contributed by atoms with van der Waals surface area (Å²) in [6, 6.07) is 19.4. The second-order valence-electron chi connectivity index (χ2n) is 7.98. The normalized spacial score (nSPS) is 16.2. The van der Waals surface area contributed by atoms with E-state index >= 15 is 0 Å². The van der Waals surface area contributed by atoms with Crippen LogP contribution in [0.3, 0.4) is 0 Å². The summed E-state index contributed by atoms with van der Waals surface area (Å²) in [5.41, 5.74) is 3.70. The van der Waals surface area contributed by atoms with Crippen LogP contribution < -0.4 is 15.8 Å². The van der Waals surface area contributed by atoms with Crippen molar-refractivity contribution in [2.75, 3.05) is 23.3 Å². The van der Waals surface area contributed by atoms with Crippen molar-refractivity contribution in [3.63, 3.8) is 0 Å². The number of benzene rings is 2. The summed E-state index contributed by atoms with van der Waals surface area (Å²) in [6.45, 7) is 3.94. The van der Waals surface area contributed by atoms with E-state index in [1.807, 2.05) is 54.6 Å². The van der Waals surface area contributed by atoms with Crippen molar-refractivity contribution >= 4 is 17.3 Å². The van der Waals surface area contributed by atoms with Gasteiger partial charge in [0.2, 0.25) is 5.91 Å². The molecule has 4 rings (SSSR count). The highest BCUT2D eigenvalue weighted by molar-refractivity contribution is 5.93. The maximum absolute atomic E-state index is 12.9. The van der Waals surface area contributed by atoms with Crippen LogP contribution in [0.4, 0.5) is 11.4 Å². The lowest BCUT2D eigenvalue weighted by Crippen LogP contribution is -2.41. The Morgan fingerprint density at radius 3 is 2.68 bits per heavy atom. The van der Waals surface area contributed by atoms with Gasteiger partial charge in [-0.1, -0.05) is 55.5 Å². The van der Waals surface area contributed by atoms with Crippen molar-refractivity contribution < 1.29 is 4.79 Å². The van der Waals surface area contributed by atoms with Crippen molar-refractivity contribution in [2.24, 2.45) is 5.92 Å². The molecule has 31 heavy (non-hydrogen) atoms. The molecule has 0 radical (unpaired) electrons. The third kappa shape index (κ3) is 5.02. The zero-order valence-electron chi connectivity index (χ0n) is 17.8. The van der Waals surface area contributed by atoms with Crippen molar-refractivity contribution in [1.82, 2.24) is 9.78 Å². The molecule has 1 unspecified atom stereocenters. The van der Waals surface area contributed by atoms with E-state index in [-0.39, 0.29) is 17.4 Å². The van der Waals surface area contributed by atoms with Gasteiger partial charge in [-0.15, -0.1) is 0 Å². The van der Waals surface area contributed by atoms with Crippen LogP contribution in [0.15, 0.2) is 71.7 Å². The van der Waals surface area contributed by atoms with Gasteiger partial charge >= 0.3 is 0 Å². The predicted octanol–water partition coefficient (Wildman–Crippen LogP) is 3.71. The molecule has 6 heteroatoms. The number of nitrogens with zero attached hydrogens (tertiary/aromatic N) is 3. The Bertz CT molecular complexity index is 1090. The number of hydrogen-bond donors (Lipinski definition) is 1. The van der Waals surface area contributed by atoms with Crippen molar-refractivity contribution in [3.05, 3.63) is 88.3 Å². The molecule has 1 atom stereocenters. The molecule has 1 aromatic heterocycles. The number of nitrogens with one attached hydrogen (secondary N) is 1. The quantitative estimate of drug-likeness (QED) is 0.665. The van der Waals surface area contributed by atoms with Gasteiger partial charge in [-0.2, -0.15) is 5.10 Å². The topological polar surface area (TPSA) is 67.2 Å². The molecule has 0 spiro atoms. The highest BCUT2D eigenvalue weighted by Crippen LogP contribution is 2.24. The molecule has 3 aromatic rings. The fourth-order valence-electron chi connectivity index (χ4n) is 4.08. The van der Waals surface area contributed by atoms with E-state index in [4.69, 9.17) is 0 Å². The zero-order valence-corrected chi connectivity index (χ0v) is 17.8. The van der Waals surface area contributed by atoms with Crippen LogP contribution in [-0.4, -0.2) is 28.8 Å². The fourth-order valence-corrected chi connectivity index (χ4v) is 4.08. The third-order valence-corrected chi connectivity index (χ3v) is 5.84. The van der Waals surface area contributed by atoms with Gasteiger partial charge in [0.25, 0.3) is 5.56 Å².